The summed E-state index contributed by atoms with van der Waals surface area (Å²) >= 11 is 1.91. The fourth-order valence-corrected chi connectivity index (χ4v) is 2.84. The Morgan fingerprint density at radius 1 is 1.44 bits per heavy atom. The number of rotatable bonds is 6. The summed E-state index contributed by atoms with van der Waals surface area (Å²) in [5.41, 5.74) is 2.74. The summed E-state index contributed by atoms with van der Waals surface area (Å²) in [6.07, 6.45) is 2.13. The van der Waals surface area contributed by atoms with Crippen molar-refractivity contribution < 1.29 is 0 Å². The highest BCUT2D eigenvalue weighted by atomic mass is 32.1. The quantitative estimate of drug-likeness (QED) is 0.724. The summed E-state index contributed by atoms with van der Waals surface area (Å²) in [7, 11) is 0. The summed E-state index contributed by atoms with van der Waals surface area (Å²) in [5, 5.41) is 3.55. The van der Waals surface area contributed by atoms with Crippen molar-refractivity contribution in [1.82, 2.24) is 5.32 Å². The maximum absolute atomic E-state index is 4.11. The third kappa shape index (κ3) is 3.46. The summed E-state index contributed by atoms with van der Waals surface area (Å²) in [6, 6.07) is 2.77. The van der Waals surface area contributed by atoms with Crippen LogP contribution in [0.1, 0.15) is 48.0 Å². The van der Waals surface area contributed by atoms with E-state index in [0.29, 0.717) is 6.04 Å². The molecule has 0 spiro atoms. The van der Waals surface area contributed by atoms with Crippen LogP contribution in [-0.4, -0.2) is 6.54 Å². The summed E-state index contributed by atoms with van der Waals surface area (Å²) in [5.74, 6) is 0. The van der Waals surface area contributed by atoms with E-state index >= 15 is 0 Å². The van der Waals surface area contributed by atoms with Crippen LogP contribution in [-0.2, 0) is 0 Å². The Morgan fingerprint density at radius 2 is 2.12 bits per heavy atom. The zero-order chi connectivity index (χ0) is 12.1. The Kier molecular flexibility index (Phi) is 5.23. The Morgan fingerprint density at radius 3 is 2.56 bits per heavy atom. The van der Waals surface area contributed by atoms with Crippen LogP contribution in [0.15, 0.2) is 18.2 Å². The maximum atomic E-state index is 4.11. The molecule has 0 saturated heterocycles. The van der Waals surface area contributed by atoms with Gasteiger partial charge in [-0.25, -0.2) is 0 Å². The number of thiophene rings is 1. The average Bonchev–Trinajstić information content (AvgIpc) is 2.58. The fraction of sp³-hybridized carbons (Fsp3) is 0.571. The van der Waals surface area contributed by atoms with Gasteiger partial charge in [0.15, 0.2) is 0 Å². The molecule has 1 nitrogen and oxygen atoms in total. The lowest BCUT2D eigenvalue weighted by Gasteiger charge is -2.17. The Balaban J connectivity index is 2.80. The van der Waals surface area contributed by atoms with Gasteiger partial charge in [-0.3, -0.25) is 0 Å². The van der Waals surface area contributed by atoms with E-state index in [9.17, 15) is 0 Å². The predicted molar refractivity (Wildman–Crippen MR) is 74.3 cm³/mol. The molecule has 0 aliphatic carbocycles. The van der Waals surface area contributed by atoms with Gasteiger partial charge < -0.3 is 5.32 Å². The van der Waals surface area contributed by atoms with Gasteiger partial charge in [0.25, 0.3) is 0 Å². The van der Waals surface area contributed by atoms with Crippen LogP contribution in [0, 0.1) is 13.8 Å². The molecular formula is C14H23NS. The van der Waals surface area contributed by atoms with E-state index in [1.807, 2.05) is 11.3 Å². The molecule has 16 heavy (non-hydrogen) atoms. The topological polar surface area (TPSA) is 12.0 Å². The van der Waals surface area contributed by atoms with E-state index in [4.69, 9.17) is 0 Å². The molecule has 2 heteroatoms. The van der Waals surface area contributed by atoms with Crippen LogP contribution >= 0.6 is 11.3 Å². The van der Waals surface area contributed by atoms with E-state index in [1.165, 1.54) is 20.9 Å². The molecular weight excluding hydrogens is 214 g/mol. The molecule has 1 atom stereocenters. The van der Waals surface area contributed by atoms with Crippen LogP contribution < -0.4 is 5.32 Å². The number of aryl methyl sites for hydroxylation is 2. The van der Waals surface area contributed by atoms with Gasteiger partial charge in [0.1, 0.15) is 0 Å². The number of hydrogen-bond donors (Lipinski definition) is 1. The molecule has 1 unspecified atom stereocenters. The molecule has 0 aliphatic heterocycles. The molecule has 1 rings (SSSR count). The molecule has 0 aliphatic rings. The van der Waals surface area contributed by atoms with E-state index in [-0.39, 0.29) is 0 Å². The van der Waals surface area contributed by atoms with Gasteiger partial charge in [0.2, 0.25) is 0 Å². The lowest BCUT2D eigenvalue weighted by molar-refractivity contribution is 0.551. The average molecular weight is 237 g/mol. The standard InChI is InChI=1S/C14H23NS/c1-6-10(3)8-13(15-7-2)14-9-11(4)12(5)16-14/h9,13,15H,3,6-8H2,1-2,4-5H3. The molecule has 0 saturated carbocycles. The van der Waals surface area contributed by atoms with Crippen molar-refractivity contribution in [3.8, 4) is 0 Å². The van der Waals surface area contributed by atoms with Crippen molar-refractivity contribution in [1.29, 1.82) is 0 Å². The van der Waals surface area contributed by atoms with Gasteiger partial charge in [-0.1, -0.05) is 26.0 Å². The predicted octanol–water partition coefficient (Wildman–Crippen LogP) is 4.37. The monoisotopic (exact) mass is 237 g/mol. The largest absolute Gasteiger partial charge is 0.309 e. The van der Waals surface area contributed by atoms with Crippen molar-refractivity contribution in [3.63, 3.8) is 0 Å². The summed E-state index contributed by atoms with van der Waals surface area (Å²) < 4.78 is 0. The molecule has 1 aromatic rings. The van der Waals surface area contributed by atoms with Crippen molar-refractivity contribution in [2.24, 2.45) is 0 Å². The highest BCUT2D eigenvalue weighted by Crippen LogP contribution is 2.30. The minimum atomic E-state index is 0.454. The van der Waals surface area contributed by atoms with Crippen molar-refractivity contribution in [3.05, 3.63) is 33.5 Å². The molecule has 0 amide bonds. The van der Waals surface area contributed by atoms with E-state index in [1.54, 1.807) is 0 Å². The van der Waals surface area contributed by atoms with Crippen LogP contribution in [0.3, 0.4) is 0 Å². The van der Waals surface area contributed by atoms with Crippen LogP contribution in [0.2, 0.25) is 0 Å². The number of hydrogen-bond acceptors (Lipinski definition) is 2. The summed E-state index contributed by atoms with van der Waals surface area (Å²) in [6.45, 7) is 13.8. The zero-order valence-corrected chi connectivity index (χ0v) is 11.7. The minimum absolute atomic E-state index is 0.454. The Hall–Kier alpha value is -0.600. The SMILES string of the molecule is C=C(CC)CC(NCC)c1cc(C)c(C)s1. The lowest BCUT2D eigenvalue weighted by atomic mass is 10.0. The van der Waals surface area contributed by atoms with Gasteiger partial charge in [0, 0.05) is 15.8 Å². The van der Waals surface area contributed by atoms with E-state index in [2.05, 4.69) is 45.7 Å². The minimum Gasteiger partial charge on any atom is -0.309 e. The van der Waals surface area contributed by atoms with Crippen molar-refractivity contribution in [2.75, 3.05) is 6.54 Å². The molecule has 90 valence electrons. The van der Waals surface area contributed by atoms with E-state index in [0.717, 1.165) is 19.4 Å². The smallest absolute Gasteiger partial charge is 0.0452 e. The summed E-state index contributed by atoms with van der Waals surface area (Å²) in [4.78, 5) is 2.88. The van der Waals surface area contributed by atoms with Crippen molar-refractivity contribution in [2.45, 2.75) is 46.6 Å². The van der Waals surface area contributed by atoms with Gasteiger partial charge in [-0.05, 0) is 44.9 Å². The zero-order valence-electron chi connectivity index (χ0n) is 10.9. The van der Waals surface area contributed by atoms with E-state index < -0.39 is 0 Å². The van der Waals surface area contributed by atoms with Crippen molar-refractivity contribution >= 4 is 11.3 Å². The Labute approximate surface area is 104 Å². The first-order valence-electron chi connectivity index (χ1n) is 6.05. The van der Waals surface area contributed by atoms with Gasteiger partial charge >= 0.3 is 0 Å². The van der Waals surface area contributed by atoms with Gasteiger partial charge in [0.05, 0.1) is 0 Å². The first-order chi connectivity index (χ1) is 7.58. The van der Waals surface area contributed by atoms with Crippen LogP contribution in [0.4, 0.5) is 0 Å². The highest BCUT2D eigenvalue weighted by molar-refractivity contribution is 7.12. The number of nitrogens with one attached hydrogen (secondary N) is 1. The molecule has 0 radical (unpaired) electrons. The first kappa shape index (κ1) is 13.5. The first-order valence-corrected chi connectivity index (χ1v) is 6.87. The highest BCUT2D eigenvalue weighted by Gasteiger charge is 2.14. The van der Waals surface area contributed by atoms with Gasteiger partial charge in [-0.2, -0.15) is 0 Å². The van der Waals surface area contributed by atoms with Gasteiger partial charge in [-0.15, -0.1) is 11.3 Å². The molecule has 1 heterocycles. The molecule has 0 aromatic carbocycles. The molecule has 0 bridgehead atoms. The van der Waals surface area contributed by atoms with Crippen LogP contribution in [0.5, 0.6) is 0 Å². The molecule has 1 aromatic heterocycles. The Bertz CT molecular complexity index is 332. The molecule has 0 fully saturated rings. The third-order valence-corrected chi connectivity index (χ3v) is 4.24. The lowest BCUT2D eigenvalue weighted by Crippen LogP contribution is -2.20. The fourth-order valence-electron chi connectivity index (χ4n) is 1.73. The second kappa shape index (κ2) is 6.21. The molecule has 1 N–H and O–H groups in total. The van der Waals surface area contributed by atoms with Crippen LogP contribution in [0.25, 0.3) is 0 Å². The maximum Gasteiger partial charge on any atom is 0.0452 e. The second-order valence-electron chi connectivity index (χ2n) is 4.31. The second-order valence-corrected chi connectivity index (χ2v) is 5.59. The normalized spacial score (nSPS) is 12.8. The third-order valence-electron chi connectivity index (χ3n) is 2.97.